The summed E-state index contributed by atoms with van der Waals surface area (Å²) in [7, 11) is 1.63. The van der Waals surface area contributed by atoms with Gasteiger partial charge in [-0.2, -0.15) is 0 Å². The lowest BCUT2D eigenvalue weighted by Gasteiger charge is -2.32. The Morgan fingerprint density at radius 1 is 1.35 bits per heavy atom. The van der Waals surface area contributed by atoms with E-state index in [0.717, 1.165) is 30.8 Å². The van der Waals surface area contributed by atoms with Gasteiger partial charge in [0.05, 0.1) is 19.8 Å². The van der Waals surface area contributed by atoms with Gasteiger partial charge >= 0.3 is 0 Å². The first-order valence-corrected chi connectivity index (χ1v) is 8.38. The second-order valence-electron chi connectivity index (χ2n) is 6.20. The summed E-state index contributed by atoms with van der Waals surface area (Å²) in [5, 5.41) is 6.31. The van der Waals surface area contributed by atoms with Gasteiger partial charge in [0.1, 0.15) is 0 Å². The van der Waals surface area contributed by atoms with Gasteiger partial charge in [-0.3, -0.25) is 4.79 Å². The van der Waals surface area contributed by atoms with Gasteiger partial charge in [-0.15, -0.1) is 0 Å². The molecule has 1 heterocycles. The van der Waals surface area contributed by atoms with Crippen molar-refractivity contribution in [1.29, 1.82) is 0 Å². The van der Waals surface area contributed by atoms with Gasteiger partial charge in [-0.05, 0) is 50.0 Å². The molecule has 1 aliphatic rings. The molecule has 0 radical (unpaired) electrons. The normalized spacial score (nSPS) is 17.0. The molecule has 1 aliphatic heterocycles. The minimum Gasteiger partial charge on any atom is -0.493 e. The third kappa shape index (κ3) is 4.38. The Morgan fingerprint density at radius 2 is 2.09 bits per heavy atom. The standard InChI is InChI=1S/C18H28N2O3/c1-5-8-23-16-7-6-14(9-17(16)22-4)13(3)20-18(21)12(2)15-10-19-11-15/h6-7,9,12-13,15,19H,5,8,10-11H2,1-4H3,(H,20,21). The number of rotatable bonds is 8. The molecule has 23 heavy (non-hydrogen) atoms. The van der Waals surface area contributed by atoms with Gasteiger partial charge in [-0.1, -0.05) is 19.9 Å². The van der Waals surface area contributed by atoms with Gasteiger partial charge in [0.2, 0.25) is 5.91 Å². The number of carbonyl (C=O) groups excluding carboxylic acids is 1. The number of ether oxygens (including phenoxy) is 2. The molecule has 0 aliphatic carbocycles. The van der Waals surface area contributed by atoms with Crippen molar-refractivity contribution in [2.24, 2.45) is 11.8 Å². The summed E-state index contributed by atoms with van der Waals surface area (Å²) in [5.74, 6) is 2.03. The lowest BCUT2D eigenvalue weighted by Crippen LogP contribution is -2.49. The summed E-state index contributed by atoms with van der Waals surface area (Å²) in [6.07, 6.45) is 0.950. The Hall–Kier alpha value is -1.75. The third-order valence-electron chi connectivity index (χ3n) is 4.44. The topological polar surface area (TPSA) is 59.6 Å². The highest BCUT2D eigenvalue weighted by Gasteiger charge is 2.29. The fraction of sp³-hybridized carbons (Fsp3) is 0.611. The number of hydrogen-bond acceptors (Lipinski definition) is 4. The Kier molecular flexibility index (Phi) is 6.28. The monoisotopic (exact) mass is 320 g/mol. The third-order valence-corrected chi connectivity index (χ3v) is 4.44. The van der Waals surface area contributed by atoms with Crippen LogP contribution in [0.3, 0.4) is 0 Å². The lowest BCUT2D eigenvalue weighted by molar-refractivity contribution is -0.127. The summed E-state index contributed by atoms with van der Waals surface area (Å²) < 4.78 is 11.1. The number of amides is 1. The minimum atomic E-state index is -0.0629. The highest BCUT2D eigenvalue weighted by molar-refractivity contribution is 5.79. The summed E-state index contributed by atoms with van der Waals surface area (Å²) in [4.78, 5) is 12.3. The molecule has 5 nitrogen and oxygen atoms in total. The maximum atomic E-state index is 12.3. The molecule has 1 saturated heterocycles. The van der Waals surface area contributed by atoms with Gasteiger partial charge < -0.3 is 20.1 Å². The van der Waals surface area contributed by atoms with E-state index >= 15 is 0 Å². The van der Waals surface area contributed by atoms with Crippen molar-refractivity contribution < 1.29 is 14.3 Å². The molecule has 1 aromatic carbocycles. The minimum absolute atomic E-state index is 0.0350. The van der Waals surface area contributed by atoms with Crippen molar-refractivity contribution in [3.8, 4) is 11.5 Å². The van der Waals surface area contributed by atoms with Crippen LogP contribution in [0.15, 0.2) is 18.2 Å². The van der Waals surface area contributed by atoms with Crippen LogP contribution in [0.4, 0.5) is 0 Å². The van der Waals surface area contributed by atoms with Crippen LogP contribution in [0.2, 0.25) is 0 Å². The number of nitrogens with one attached hydrogen (secondary N) is 2. The van der Waals surface area contributed by atoms with E-state index in [1.54, 1.807) is 7.11 Å². The predicted molar refractivity (Wildman–Crippen MR) is 90.9 cm³/mol. The first-order valence-electron chi connectivity index (χ1n) is 8.38. The summed E-state index contributed by atoms with van der Waals surface area (Å²) in [6.45, 7) is 8.58. The average Bonchev–Trinajstić information content (AvgIpc) is 2.50. The maximum absolute atomic E-state index is 12.3. The smallest absolute Gasteiger partial charge is 0.223 e. The van der Waals surface area contributed by atoms with Crippen molar-refractivity contribution >= 4 is 5.91 Å². The highest BCUT2D eigenvalue weighted by atomic mass is 16.5. The number of benzene rings is 1. The van der Waals surface area contributed by atoms with Crippen LogP contribution >= 0.6 is 0 Å². The first-order chi connectivity index (χ1) is 11.1. The van der Waals surface area contributed by atoms with E-state index in [9.17, 15) is 4.79 Å². The molecule has 2 rings (SSSR count). The SMILES string of the molecule is CCCOc1ccc(C(C)NC(=O)C(C)C2CNC2)cc1OC. The molecular weight excluding hydrogens is 292 g/mol. The van der Waals surface area contributed by atoms with E-state index in [0.29, 0.717) is 18.3 Å². The fourth-order valence-corrected chi connectivity index (χ4v) is 2.59. The Balaban J connectivity index is 2.00. The van der Waals surface area contributed by atoms with E-state index < -0.39 is 0 Å². The molecule has 5 heteroatoms. The molecule has 1 aromatic rings. The van der Waals surface area contributed by atoms with E-state index in [1.165, 1.54) is 0 Å². The number of methoxy groups -OCH3 is 1. The van der Waals surface area contributed by atoms with Crippen LogP contribution in [0.5, 0.6) is 11.5 Å². The summed E-state index contributed by atoms with van der Waals surface area (Å²) in [5.41, 5.74) is 1.01. The summed E-state index contributed by atoms with van der Waals surface area (Å²) >= 11 is 0. The Bertz CT molecular complexity index is 529. The molecule has 0 spiro atoms. The maximum Gasteiger partial charge on any atom is 0.223 e. The van der Waals surface area contributed by atoms with Crippen molar-refractivity contribution in [2.75, 3.05) is 26.8 Å². The van der Waals surface area contributed by atoms with E-state index in [2.05, 4.69) is 17.6 Å². The van der Waals surface area contributed by atoms with Gasteiger partial charge in [0.15, 0.2) is 11.5 Å². The fourth-order valence-electron chi connectivity index (χ4n) is 2.59. The summed E-state index contributed by atoms with van der Waals surface area (Å²) in [6, 6.07) is 5.76. The quantitative estimate of drug-likeness (QED) is 0.773. The van der Waals surface area contributed by atoms with E-state index in [-0.39, 0.29) is 17.9 Å². The second kappa shape index (κ2) is 8.20. The Morgan fingerprint density at radius 3 is 2.65 bits per heavy atom. The molecule has 128 valence electrons. The van der Waals surface area contributed by atoms with Crippen LogP contribution in [0.25, 0.3) is 0 Å². The van der Waals surface area contributed by atoms with Crippen molar-refractivity contribution in [1.82, 2.24) is 10.6 Å². The molecule has 2 unspecified atom stereocenters. The van der Waals surface area contributed by atoms with Gasteiger partial charge in [0, 0.05) is 5.92 Å². The second-order valence-corrected chi connectivity index (χ2v) is 6.20. The van der Waals surface area contributed by atoms with Gasteiger partial charge in [-0.25, -0.2) is 0 Å². The molecule has 2 N–H and O–H groups in total. The number of carbonyl (C=O) groups is 1. The number of hydrogen-bond donors (Lipinski definition) is 2. The molecule has 1 amide bonds. The van der Waals surface area contributed by atoms with Crippen LogP contribution < -0.4 is 20.1 Å². The van der Waals surface area contributed by atoms with Crippen LogP contribution in [-0.4, -0.2) is 32.7 Å². The zero-order valence-corrected chi connectivity index (χ0v) is 14.5. The van der Waals surface area contributed by atoms with Crippen LogP contribution in [0, 0.1) is 11.8 Å². The molecular formula is C18H28N2O3. The highest BCUT2D eigenvalue weighted by Crippen LogP contribution is 2.30. The van der Waals surface area contributed by atoms with E-state index in [1.807, 2.05) is 32.0 Å². The van der Waals surface area contributed by atoms with Crippen molar-refractivity contribution in [2.45, 2.75) is 33.2 Å². The molecule has 0 saturated carbocycles. The molecule has 0 bridgehead atoms. The predicted octanol–water partition coefficient (Wildman–Crippen LogP) is 2.52. The lowest BCUT2D eigenvalue weighted by atomic mass is 9.88. The van der Waals surface area contributed by atoms with E-state index in [4.69, 9.17) is 9.47 Å². The zero-order chi connectivity index (χ0) is 16.8. The van der Waals surface area contributed by atoms with Crippen molar-refractivity contribution in [3.63, 3.8) is 0 Å². The largest absolute Gasteiger partial charge is 0.493 e. The van der Waals surface area contributed by atoms with Crippen molar-refractivity contribution in [3.05, 3.63) is 23.8 Å². The molecule has 1 fully saturated rings. The van der Waals surface area contributed by atoms with Gasteiger partial charge in [0.25, 0.3) is 0 Å². The van der Waals surface area contributed by atoms with Crippen LogP contribution in [-0.2, 0) is 4.79 Å². The zero-order valence-electron chi connectivity index (χ0n) is 14.5. The Labute approximate surface area is 138 Å². The first kappa shape index (κ1) is 17.6. The molecule has 2 atom stereocenters. The van der Waals surface area contributed by atoms with Crippen LogP contribution in [0.1, 0.15) is 38.8 Å². The average molecular weight is 320 g/mol. The molecule has 0 aromatic heterocycles.